The van der Waals surface area contributed by atoms with Gasteiger partial charge in [-0.3, -0.25) is 4.99 Å². The Bertz CT molecular complexity index is 942. The van der Waals surface area contributed by atoms with Crippen molar-refractivity contribution in [3.8, 4) is 0 Å². The van der Waals surface area contributed by atoms with Gasteiger partial charge < -0.3 is 26.3 Å². The third kappa shape index (κ3) is 6.81. The zero-order chi connectivity index (χ0) is 24.3. The summed E-state index contributed by atoms with van der Waals surface area (Å²) in [6.45, 7) is 0.264. The minimum Gasteiger partial charge on any atom is -0.479 e. The molecule has 0 saturated carbocycles. The molecular formula is C19H32N10O4. The van der Waals surface area contributed by atoms with E-state index >= 15 is 0 Å². The molecule has 182 valence electrons. The standard InChI is InChI=1S/C19H32N10O4/c1-22-29(23-2)19(16(30)31,8-6-9-24-18(20)21)17(32)33-10-5-3-4-7-14-25-11-13-15(28-14)27-12-26-13/h11-12,22-23H,3-10H2,1-2H3,(H,30,31)(H4,20,21,24)(H,25,26,27,28)/t19-/m0/s1. The molecule has 0 radical (unpaired) electrons. The Labute approximate surface area is 191 Å². The van der Waals surface area contributed by atoms with Crippen LogP contribution in [0.5, 0.6) is 0 Å². The number of aromatic nitrogens is 4. The molecule has 2 aromatic rings. The van der Waals surface area contributed by atoms with Crippen LogP contribution in [0.25, 0.3) is 11.2 Å². The quantitative estimate of drug-likeness (QED) is 0.0471. The largest absolute Gasteiger partial charge is 0.479 e. The average Bonchev–Trinajstić information content (AvgIpc) is 3.25. The maximum absolute atomic E-state index is 12.9. The number of hydrogen-bond acceptors (Lipinski definition) is 10. The number of aliphatic carboxylic acids is 1. The molecular weight excluding hydrogens is 432 g/mol. The molecule has 14 nitrogen and oxygen atoms in total. The summed E-state index contributed by atoms with van der Waals surface area (Å²) in [5.41, 5.74) is 15.4. The molecule has 0 aliphatic carbocycles. The van der Waals surface area contributed by atoms with Crippen molar-refractivity contribution in [3.63, 3.8) is 0 Å². The average molecular weight is 465 g/mol. The highest BCUT2D eigenvalue weighted by Crippen LogP contribution is 2.22. The molecule has 0 aromatic carbocycles. The van der Waals surface area contributed by atoms with Gasteiger partial charge in [0.15, 0.2) is 11.6 Å². The number of aromatic amines is 1. The summed E-state index contributed by atoms with van der Waals surface area (Å²) in [6, 6.07) is 0. The van der Waals surface area contributed by atoms with Gasteiger partial charge in [0.05, 0.1) is 19.1 Å². The Hall–Kier alpha value is -3.36. The number of rotatable bonds is 15. The van der Waals surface area contributed by atoms with E-state index in [1.807, 2.05) is 0 Å². The van der Waals surface area contributed by atoms with Gasteiger partial charge in [0.1, 0.15) is 11.3 Å². The van der Waals surface area contributed by atoms with Crippen LogP contribution in [0.3, 0.4) is 0 Å². The fraction of sp³-hybridized carbons (Fsp3) is 0.579. The Morgan fingerprint density at radius 3 is 2.64 bits per heavy atom. The molecule has 33 heavy (non-hydrogen) atoms. The number of hydrazine groups is 2. The number of guanidine groups is 1. The van der Waals surface area contributed by atoms with Crippen LogP contribution >= 0.6 is 0 Å². The second-order valence-electron chi connectivity index (χ2n) is 7.23. The molecule has 0 spiro atoms. The van der Waals surface area contributed by atoms with Gasteiger partial charge in [0.25, 0.3) is 0 Å². The summed E-state index contributed by atoms with van der Waals surface area (Å²) < 4.78 is 5.36. The lowest BCUT2D eigenvalue weighted by molar-refractivity contribution is -0.179. The number of fused-ring (bicyclic) bond motifs is 1. The molecule has 2 aromatic heterocycles. The lowest BCUT2D eigenvalue weighted by Gasteiger charge is -2.36. The van der Waals surface area contributed by atoms with Crippen LogP contribution in [0.4, 0.5) is 0 Å². The lowest BCUT2D eigenvalue weighted by Crippen LogP contribution is -2.68. The first kappa shape index (κ1) is 25.9. The van der Waals surface area contributed by atoms with Crippen LogP contribution in [0, 0.1) is 0 Å². The van der Waals surface area contributed by atoms with Crippen LogP contribution in [0.1, 0.15) is 37.9 Å². The van der Waals surface area contributed by atoms with Crippen molar-refractivity contribution in [2.24, 2.45) is 16.5 Å². The number of nitrogens with one attached hydrogen (secondary N) is 3. The zero-order valence-electron chi connectivity index (χ0n) is 18.9. The first-order chi connectivity index (χ1) is 15.8. The van der Waals surface area contributed by atoms with E-state index in [-0.39, 0.29) is 32.0 Å². The fourth-order valence-electron chi connectivity index (χ4n) is 3.37. The molecule has 0 amide bonds. The molecule has 0 aliphatic heterocycles. The number of nitrogens with zero attached hydrogens (tertiary/aromatic N) is 5. The van der Waals surface area contributed by atoms with Gasteiger partial charge >= 0.3 is 11.9 Å². The number of hydrogen-bond donors (Lipinski definition) is 6. The number of carboxylic acid groups (broad SMARTS) is 1. The Kier molecular flexibility index (Phi) is 9.90. The van der Waals surface area contributed by atoms with Crippen molar-refractivity contribution in [3.05, 3.63) is 18.3 Å². The van der Waals surface area contributed by atoms with Crippen molar-refractivity contribution in [2.75, 3.05) is 27.2 Å². The van der Waals surface area contributed by atoms with E-state index < -0.39 is 17.5 Å². The predicted octanol–water partition coefficient (Wildman–Crippen LogP) is -0.943. The summed E-state index contributed by atoms with van der Waals surface area (Å²) >= 11 is 0. The summed E-state index contributed by atoms with van der Waals surface area (Å²) in [6.07, 6.45) is 6.20. The van der Waals surface area contributed by atoms with Crippen LogP contribution in [-0.4, -0.2) is 80.8 Å². The summed E-state index contributed by atoms with van der Waals surface area (Å²) in [4.78, 5) is 44.6. The number of carbonyl (C=O) groups is 2. The molecule has 2 heterocycles. The molecule has 0 unspecified atom stereocenters. The Morgan fingerprint density at radius 2 is 1.97 bits per heavy atom. The van der Waals surface area contributed by atoms with Gasteiger partial charge in [-0.1, -0.05) is 0 Å². The summed E-state index contributed by atoms with van der Waals surface area (Å²) in [5, 5.41) is 11.0. The number of ether oxygens (including phenoxy) is 1. The van der Waals surface area contributed by atoms with Crippen LogP contribution in [0.15, 0.2) is 17.5 Å². The summed E-state index contributed by atoms with van der Waals surface area (Å²) in [5.74, 6) is -1.65. The second kappa shape index (κ2) is 12.6. The molecule has 0 fully saturated rings. The predicted molar refractivity (Wildman–Crippen MR) is 120 cm³/mol. The number of aryl methyl sites for hydroxylation is 1. The van der Waals surface area contributed by atoms with Crippen LogP contribution in [0.2, 0.25) is 0 Å². The van der Waals surface area contributed by atoms with Crippen molar-refractivity contribution in [1.82, 2.24) is 35.9 Å². The summed E-state index contributed by atoms with van der Waals surface area (Å²) in [7, 11) is 3.00. The minimum absolute atomic E-state index is 0.0768. The second-order valence-corrected chi connectivity index (χ2v) is 7.23. The zero-order valence-corrected chi connectivity index (χ0v) is 18.9. The monoisotopic (exact) mass is 464 g/mol. The maximum atomic E-state index is 12.9. The van der Waals surface area contributed by atoms with E-state index in [0.29, 0.717) is 24.3 Å². The third-order valence-electron chi connectivity index (χ3n) is 5.01. The van der Waals surface area contributed by atoms with E-state index in [1.54, 1.807) is 12.5 Å². The van der Waals surface area contributed by atoms with E-state index in [4.69, 9.17) is 16.2 Å². The highest BCUT2D eigenvalue weighted by Gasteiger charge is 2.52. The molecule has 8 N–H and O–H groups in total. The van der Waals surface area contributed by atoms with Crippen LogP contribution in [-0.2, 0) is 20.7 Å². The van der Waals surface area contributed by atoms with Gasteiger partial charge in [0, 0.05) is 27.1 Å². The van der Waals surface area contributed by atoms with E-state index in [9.17, 15) is 14.7 Å². The molecule has 0 bridgehead atoms. The first-order valence-electron chi connectivity index (χ1n) is 10.6. The Balaban J connectivity index is 1.88. The number of carboxylic acids is 1. The Morgan fingerprint density at radius 1 is 1.21 bits per heavy atom. The number of aliphatic imine (C=N–C) groups is 1. The van der Waals surface area contributed by atoms with E-state index in [1.165, 1.54) is 14.1 Å². The lowest BCUT2D eigenvalue weighted by atomic mass is 9.93. The highest BCUT2D eigenvalue weighted by molar-refractivity contribution is 6.04. The fourth-order valence-corrected chi connectivity index (χ4v) is 3.37. The SMILES string of the molecule is CNN(NC)[C@@](CCCN=C(N)N)(C(=O)O)C(=O)OCCCCCc1ncc2[nH]cnc2n1. The molecule has 1 atom stereocenters. The van der Waals surface area contributed by atoms with Gasteiger partial charge in [-0.05, 0) is 32.1 Å². The number of nitrogens with two attached hydrogens (primary N) is 2. The van der Waals surface area contributed by atoms with E-state index in [2.05, 4.69) is 35.8 Å². The normalized spacial score (nSPS) is 13.1. The van der Waals surface area contributed by atoms with Crippen LogP contribution < -0.4 is 22.3 Å². The number of esters is 1. The number of H-pyrrole nitrogens is 1. The van der Waals surface area contributed by atoms with Gasteiger partial charge in [-0.25, -0.2) is 35.4 Å². The third-order valence-corrected chi connectivity index (χ3v) is 5.01. The van der Waals surface area contributed by atoms with Crippen molar-refractivity contribution >= 4 is 29.1 Å². The van der Waals surface area contributed by atoms with E-state index in [0.717, 1.165) is 23.5 Å². The van der Waals surface area contributed by atoms with Gasteiger partial charge in [0.2, 0.25) is 5.54 Å². The van der Waals surface area contributed by atoms with Gasteiger partial charge in [-0.15, -0.1) is 0 Å². The maximum Gasteiger partial charge on any atom is 0.341 e. The molecule has 14 heteroatoms. The molecule has 2 rings (SSSR count). The topological polar surface area (TPSA) is 210 Å². The van der Waals surface area contributed by atoms with Crippen molar-refractivity contribution < 1.29 is 19.4 Å². The van der Waals surface area contributed by atoms with Crippen molar-refractivity contribution in [1.29, 1.82) is 0 Å². The first-order valence-corrected chi connectivity index (χ1v) is 10.6. The van der Waals surface area contributed by atoms with Gasteiger partial charge in [-0.2, -0.15) is 5.12 Å². The smallest absolute Gasteiger partial charge is 0.341 e. The number of unbranched alkanes of at least 4 members (excludes halogenated alkanes) is 2. The number of imidazole rings is 1. The number of carbonyl (C=O) groups excluding carboxylic acids is 1. The minimum atomic E-state index is -1.99. The highest BCUT2D eigenvalue weighted by atomic mass is 16.5. The van der Waals surface area contributed by atoms with Crippen molar-refractivity contribution in [2.45, 2.75) is 44.1 Å². The molecule has 0 aliphatic rings. The molecule has 0 saturated heterocycles.